The van der Waals surface area contributed by atoms with Crippen molar-refractivity contribution in [1.29, 1.82) is 0 Å². The zero-order valence-corrected chi connectivity index (χ0v) is 13.6. The SMILES string of the molecule is CCc1ccccc1Oc1cccc(Cl)c1CNC(C)C. The van der Waals surface area contributed by atoms with Crippen molar-refractivity contribution >= 4 is 11.6 Å². The minimum absolute atomic E-state index is 0.400. The van der Waals surface area contributed by atoms with Crippen molar-refractivity contribution in [1.82, 2.24) is 5.32 Å². The van der Waals surface area contributed by atoms with Crippen LogP contribution in [-0.4, -0.2) is 6.04 Å². The molecule has 0 aromatic heterocycles. The lowest BCUT2D eigenvalue weighted by molar-refractivity contribution is 0.464. The number of ether oxygens (including phenoxy) is 1. The van der Waals surface area contributed by atoms with E-state index in [4.69, 9.17) is 16.3 Å². The molecule has 0 atom stereocenters. The van der Waals surface area contributed by atoms with E-state index in [0.717, 1.165) is 28.5 Å². The maximum absolute atomic E-state index is 6.33. The minimum atomic E-state index is 0.400. The van der Waals surface area contributed by atoms with Crippen LogP contribution in [0.25, 0.3) is 0 Å². The van der Waals surface area contributed by atoms with E-state index in [-0.39, 0.29) is 0 Å². The van der Waals surface area contributed by atoms with Crippen LogP contribution in [-0.2, 0) is 13.0 Å². The van der Waals surface area contributed by atoms with Crippen molar-refractivity contribution in [2.75, 3.05) is 0 Å². The van der Waals surface area contributed by atoms with Gasteiger partial charge >= 0.3 is 0 Å². The van der Waals surface area contributed by atoms with Gasteiger partial charge in [-0.25, -0.2) is 0 Å². The molecule has 2 nitrogen and oxygen atoms in total. The molecule has 21 heavy (non-hydrogen) atoms. The van der Waals surface area contributed by atoms with Gasteiger partial charge in [-0.1, -0.05) is 56.6 Å². The number of para-hydroxylation sites is 1. The highest BCUT2D eigenvalue weighted by Crippen LogP contribution is 2.32. The highest BCUT2D eigenvalue weighted by atomic mass is 35.5. The molecule has 0 heterocycles. The molecule has 0 saturated heterocycles. The van der Waals surface area contributed by atoms with Gasteiger partial charge in [0.2, 0.25) is 0 Å². The first-order valence-electron chi connectivity index (χ1n) is 7.38. The van der Waals surface area contributed by atoms with Crippen LogP contribution in [0.4, 0.5) is 0 Å². The molecule has 3 heteroatoms. The Kier molecular flexibility index (Phi) is 5.66. The first kappa shape index (κ1) is 15.9. The molecule has 0 bridgehead atoms. The average Bonchev–Trinajstić information content (AvgIpc) is 2.47. The predicted octanol–water partition coefficient (Wildman–Crippen LogP) is 5.19. The summed E-state index contributed by atoms with van der Waals surface area (Å²) in [5, 5.41) is 4.12. The summed E-state index contributed by atoms with van der Waals surface area (Å²) in [5.41, 5.74) is 2.19. The number of hydrogen-bond donors (Lipinski definition) is 1. The fraction of sp³-hybridized carbons (Fsp3) is 0.333. The molecule has 2 rings (SSSR count). The molecule has 0 aliphatic rings. The van der Waals surface area contributed by atoms with Crippen molar-refractivity contribution in [3.05, 3.63) is 58.6 Å². The van der Waals surface area contributed by atoms with E-state index in [0.29, 0.717) is 12.6 Å². The smallest absolute Gasteiger partial charge is 0.133 e. The number of benzene rings is 2. The molecule has 0 aliphatic heterocycles. The van der Waals surface area contributed by atoms with Gasteiger partial charge in [-0.05, 0) is 30.2 Å². The molecular formula is C18H22ClNO. The molecule has 0 amide bonds. The molecule has 0 radical (unpaired) electrons. The topological polar surface area (TPSA) is 21.3 Å². The molecule has 2 aromatic rings. The Morgan fingerprint density at radius 2 is 1.76 bits per heavy atom. The summed E-state index contributed by atoms with van der Waals surface area (Å²) in [4.78, 5) is 0. The number of rotatable bonds is 6. The third-order valence-corrected chi connectivity index (χ3v) is 3.69. The lowest BCUT2D eigenvalue weighted by Gasteiger charge is -2.16. The maximum Gasteiger partial charge on any atom is 0.133 e. The third kappa shape index (κ3) is 4.23. The Morgan fingerprint density at radius 1 is 1.05 bits per heavy atom. The van der Waals surface area contributed by atoms with E-state index in [1.807, 2.05) is 36.4 Å². The maximum atomic E-state index is 6.33. The largest absolute Gasteiger partial charge is 0.457 e. The highest BCUT2D eigenvalue weighted by molar-refractivity contribution is 6.31. The Bertz CT molecular complexity index is 596. The van der Waals surface area contributed by atoms with Crippen molar-refractivity contribution in [2.45, 2.75) is 39.8 Å². The van der Waals surface area contributed by atoms with E-state index in [1.165, 1.54) is 5.56 Å². The molecule has 2 aromatic carbocycles. The normalized spacial score (nSPS) is 10.9. The van der Waals surface area contributed by atoms with Crippen LogP contribution >= 0.6 is 11.6 Å². The van der Waals surface area contributed by atoms with E-state index >= 15 is 0 Å². The van der Waals surface area contributed by atoms with Gasteiger partial charge in [-0.15, -0.1) is 0 Å². The fourth-order valence-electron chi connectivity index (χ4n) is 2.13. The second kappa shape index (κ2) is 7.48. The van der Waals surface area contributed by atoms with Crippen molar-refractivity contribution in [3.8, 4) is 11.5 Å². The second-order valence-corrected chi connectivity index (χ2v) is 5.72. The van der Waals surface area contributed by atoms with E-state index < -0.39 is 0 Å². The standard InChI is InChI=1S/C18H22ClNO/c1-4-14-8-5-6-10-17(14)21-18-11-7-9-16(19)15(18)12-20-13(2)3/h5-11,13,20H,4,12H2,1-3H3. The van der Waals surface area contributed by atoms with E-state index in [1.54, 1.807) is 0 Å². The monoisotopic (exact) mass is 303 g/mol. The second-order valence-electron chi connectivity index (χ2n) is 5.32. The van der Waals surface area contributed by atoms with Crippen LogP contribution in [0.2, 0.25) is 5.02 Å². The van der Waals surface area contributed by atoms with Gasteiger partial charge in [0.15, 0.2) is 0 Å². The Labute approximate surface area is 132 Å². The molecule has 112 valence electrons. The summed E-state index contributed by atoms with van der Waals surface area (Å²) in [6, 6.07) is 14.3. The summed E-state index contributed by atoms with van der Waals surface area (Å²) in [5.74, 6) is 1.71. The van der Waals surface area contributed by atoms with Gasteiger partial charge < -0.3 is 10.1 Å². The van der Waals surface area contributed by atoms with Gasteiger partial charge in [0.05, 0.1) is 0 Å². The Balaban J connectivity index is 2.29. The molecule has 0 spiro atoms. The molecular weight excluding hydrogens is 282 g/mol. The number of hydrogen-bond acceptors (Lipinski definition) is 2. The average molecular weight is 304 g/mol. The van der Waals surface area contributed by atoms with Crippen molar-refractivity contribution < 1.29 is 4.74 Å². The number of halogens is 1. The first-order chi connectivity index (χ1) is 10.1. The minimum Gasteiger partial charge on any atom is -0.457 e. The lowest BCUT2D eigenvalue weighted by Crippen LogP contribution is -2.22. The van der Waals surface area contributed by atoms with Crippen molar-refractivity contribution in [3.63, 3.8) is 0 Å². The van der Waals surface area contributed by atoms with Crippen LogP contribution < -0.4 is 10.1 Å². The van der Waals surface area contributed by atoms with E-state index in [2.05, 4.69) is 32.2 Å². The zero-order chi connectivity index (χ0) is 15.2. The summed E-state index contributed by atoms with van der Waals surface area (Å²) >= 11 is 6.33. The molecule has 0 saturated carbocycles. The molecule has 0 aliphatic carbocycles. The Hall–Kier alpha value is -1.51. The zero-order valence-electron chi connectivity index (χ0n) is 12.8. The predicted molar refractivity (Wildman–Crippen MR) is 89.3 cm³/mol. The van der Waals surface area contributed by atoms with Gasteiger partial charge in [0.1, 0.15) is 11.5 Å². The van der Waals surface area contributed by atoms with Gasteiger partial charge in [-0.3, -0.25) is 0 Å². The lowest BCUT2D eigenvalue weighted by atomic mass is 10.1. The Morgan fingerprint density at radius 3 is 2.48 bits per heavy atom. The molecule has 1 N–H and O–H groups in total. The van der Waals surface area contributed by atoms with E-state index in [9.17, 15) is 0 Å². The number of nitrogens with one attached hydrogen (secondary N) is 1. The van der Waals surface area contributed by atoms with Crippen molar-refractivity contribution in [2.24, 2.45) is 0 Å². The highest BCUT2D eigenvalue weighted by Gasteiger charge is 2.11. The van der Waals surface area contributed by atoms with Crippen LogP contribution in [0.3, 0.4) is 0 Å². The quantitative estimate of drug-likeness (QED) is 0.792. The molecule has 0 unspecified atom stereocenters. The summed E-state index contributed by atoms with van der Waals surface area (Å²) in [6.07, 6.45) is 0.941. The molecule has 0 fully saturated rings. The van der Waals surface area contributed by atoms with Gasteiger partial charge in [0.25, 0.3) is 0 Å². The summed E-state index contributed by atoms with van der Waals surface area (Å²) in [7, 11) is 0. The van der Waals surface area contributed by atoms with Crippen LogP contribution in [0.15, 0.2) is 42.5 Å². The summed E-state index contributed by atoms with van der Waals surface area (Å²) in [6.45, 7) is 7.05. The summed E-state index contributed by atoms with van der Waals surface area (Å²) < 4.78 is 6.12. The van der Waals surface area contributed by atoms with Gasteiger partial charge in [-0.2, -0.15) is 0 Å². The first-order valence-corrected chi connectivity index (χ1v) is 7.76. The van der Waals surface area contributed by atoms with Crippen LogP contribution in [0.1, 0.15) is 31.9 Å². The number of aryl methyl sites for hydroxylation is 1. The van der Waals surface area contributed by atoms with Crippen LogP contribution in [0, 0.1) is 0 Å². The van der Waals surface area contributed by atoms with Gasteiger partial charge in [0, 0.05) is 23.2 Å². The third-order valence-electron chi connectivity index (χ3n) is 3.34. The fourth-order valence-corrected chi connectivity index (χ4v) is 2.36. The van der Waals surface area contributed by atoms with Crippen LogP contribution in [0.5, 0.6) is 11.5 Å².